The molecule has 0 aliphatic heterocycles. The van der Waals surface area contributed by atoms with Crippen LogP contribution in [0.25, 0.3) is 0 Å². The normalized spacial score (nSPS) is 13.1. The third-order valence-corrected chi connectivity index (χ3v) is 6.07. The molecule has 1 N–H and O–H groups in total. The number of thiophene rings is 2. The predicted molar refractivity (Wildman–Crippen MR) is 80.8 cm³/mol. The molecule has 0 aromatic carbocycles. The van der Waals surface area contributed by atoms with Gasteiger partial charge in [0.1, 0.15) is 6.10 Å². The van der Waals surface area contributed by atoms with Gasteiger partial charge in [-0.05, 0) is 77.5 Å². The van der Waals surface area contributed by atoms with Crippen LogP contribution >= 0.6 is 77.1 Å². The highest BCUT2D eigenvalue weighted by molar-refractivity contribution is 14.1. The molecule has 0 fully saturated rings. The average molecular weight is 480 g/mol. The summed E-state index contributed by atoms with van der Waals surface area (Å²) < 4.78 is 3.18. The van der Waals surface area contributed by atoms with Crippen LogP contribution in [0.3, 0.4) is 0 Å². The van der Waals surface area contributed by atoms with E-state index in [1.807, 2.05) is 17.5 Å². The quantitative estimate of drug-likeness (QED) is 0.600. The van der Waals surface area contributed by atoms with Crippen molar-refractivity contribution in [3.05, 3.63) is 39.1 Å². The first-order chi connectivity index (χ1) is 7.08. The van der Waals surface area contributed by atoms with Gasteiger partial charge in [-0.25, -0.2) is 0 Å². The number of hydrogen-bond donors (Lipinski definition) is 1. The maximum absolute atomic E-state index is 10.2. The van der Waals surface area contributed by atoms with Crippen LogP contribution in [-0.4, -0.2) is 5.11 Å². The second kappa shape index (κ2) is 5.14. The second-order valence-corrected chi connectivity index (χ2v) is 9.42. The summed E-state index contributed by atoms with van der Waals surface area (Å²) in [5.41, 5.74) is 1.87. The van der Waals surface area contributed by atoms with Crippen molar-refractivity contribution in [2.24, 2.45) is 0 Å². The lowest BCUT2D eigenvalue weighted by Crippen LogP contribution is -1.96. The van der Waals surface area contributed by atoms with Crippen molar-refractivity contribution in [2.45, 2.75) is 6.10 Å². The second-order valence-electron chi connectivity index (χ2n) is 2.87. The number of aliphatic hydroxyl groups excluding tert-OH is 1. The molecule has 2 aromatic heterocycles. The Bertz CT molecular complexity index is 480. The summed E-state index contributed by atoms with van der Waals surface area (Å²) in [6.45, 7) is 0. The summed E-state index contributed by atoms with van der Waals surface area (Å²) in [6.07, 6.45) is -0.540. The maximum Gasteiger partial charge on any atom is 0.107 e. The van der Waals surface area contributed by atoms with Crippen LogP contribution in [0.4, 0.5) is 0 Å². The van der Waals surface area contributed by atoms with E-state index in [2.05, 4.69) is 54.5 Å². The Hall–Kier alpha value is 1.05. The smallest absolute Gasteiger partial charge is 0.107 e. The van der Waals surface area contributed by atoms with Gasteiger partial charge in [0.25, 0.3) is 0 Å². The molecular weight excluding hydrogens is 475 g/mol. The van der Waals surface area contributed by atoms with E-state index in [1.54, 1.807) is 22.7 Å². The monoisotopic (exact) mass is 478 g/mol. The van der Waals surface area contributed by atoms with E-state index in [0.717, 1.165) is 18.7 Å². The Kier molecular flexibility index (Phi) is 4.28. The molecule has 2 heterocycles. The summed E-state index contributed by atoms with van der Waals surface area (Å²) >= 11 is 12.3. The van der Waals surface area contributed by atoms with Crippen LogP contribution < -0.4 is 0 Å². The van der Waals surface area contributed by atoms with Gasteiger partial charge in [0.15, 0.2) is 0 Å². The molecule has 0 radical (unpaired) electrons. The van der Waals surface area contributed by atoms with E-state index in [9.17, 15) is 5.11 Å². The number of halogens is 3. The van der Waals surface area contributed by atoms with E-state index in [-0.39, 0.29) is 0 Å². The molecule has 0 spiro atoms. The van der Waals surface area contributed by atoms with Gasteiger partial charge in [0, 0.05) is 5.56 Å². The van der Waals surface area contributed by atoms with Gasteiger partial charge in [-0.15, -0.1) is 22.7 Å². The van der Waals surface area contributed by atoms with Crippen LogP contribution in [0.1, 0.15) is 17.2 Å². The van der Waals surface area contributed by atoms with Gasteiger partial charge < -0.3 is 5.11 Å². The lowest BCUT2D eigenvalue weighted by Gasteiger charge is -2.06. The molecule has 0 saturated carbocycles. The highest BCUT2D eigenvalue weighted by Gasteiger charge is 2.17. The molecule has 0 saturated heterocycles. The van der Waals surface area contributed by atoms with Crippen molar-refractivity contribution >= 4 is 77.1 Å². The first-order valence-corrected chi connectivity index (χ1v) is 8.30. The van der Waals surface area contributed by atoms with Gasteiger partial charge in [-0.2, -0.15) is 0 Å². The van der Waals surface area contributed by atoms with Crippen LogP contribution in [0.2, 0.25) is 0 Å². The number of rotatable bonds is 2. The Morgan fingerprint density at radius 1 is 1.33 bits per heavy atom. The predicted octanol–water partition coefficient (Wildman–Crippen LogP) is 5.02. The molecule has 0 amide bonds. The summed E-state index contributed by atoms with van der Waals surface area (Å²) in [4.78, 5) is 0. The molecule has 1 atom stereocenters. The maximum atomic E-state index is 10.2. The highest BCUT2D eigenvalue weighted by atomic mass is 127. The fraction of sp³-hybridized carbons (Fsp3) is 0.111. The molecule has 0 bridgehead atoms. The van der Waals surface area contributed by atoms with Crippen LogP contribution in [0.5, 0.6) is 0 Å². The van der Waals surface area contributed by atoms with Gasteiger partial charge >= 0.3 is 0 Å². The zero-order chi connectivity index (χ0) is 11.0. The fourth-order valence-electron chi connectivity index (χ4n) is 1.19. The van der Waals surface area contributed by atoms with Gasteiger partial charge in [-0.3, -0.25) is 0 Å². The van der Waals surface area contributed by atoms with Crippen LogP contribution in [-0.2, 0) is 0 Å². The van der Waals surface area contributed by atoms with E-state index >= 15 is 0 Å². The Balaban J connectivity index is 2.35. The number of aliphatic hydroxyl groups is 1. The SMILES string of the molecule is OC(c1csc(I)c1)c1cc(Br)sc1Br. The lowest BCUT2D eigenvalue weighted by atomic mass is 10.1. The molecule has 0 aliphatic rings. The van der Waals surface area contributed by atoms with E-state index in [4.69, 9.17) is 0 Å². The molecule has 2 rings (SSSR count). The Morgan fingerprint density at radius 3 is 2.53 bits per heavy atom. The molecule has 0 aliphatic carbocycles. The molecule has 1 nitrogen and oxygen atoms in total. The van der Waals surface area contributed by atoms with E-state index in [0.29, 0.717) is 0 Å². The Labute approximate surface area is 126 Å². The molecule has 2 aromatic rings. The first-order valence-electron chi connectivity index (χ1n) is 3.94. The zero-order valence-corrected chi connectivity index (χ0v) is 14.2. The van der Waals surface area contributed by atoms with Crippen molar-refractivity contribution in [1.29, 1.82) is 0 Å². The minimum absolute atomic E-state index is 0.540. The minimum atomic E-state index is -0.540. The van der Waals surface area contributed by atoms with Crippen molar-refractivity contribution in [1.82, 2.24) is 0 Å². The molecule has 6 heteroatoms. The largest absolute Gasteiger partial charge is 0.384 e. The summed E-state index contributed by atoms with van der Waals surface area (Å²) in [5, 5.41) is 12.1. The first kappa shape index (κ1) is 12.5. The summed E-state index contributed by atoms with van der Waals surface area (Å²) in [7, 11) is 0. The standard InChI is InChI=1S/C9H5Br2IOS2/c10-6-2-5(9(11)15-6)8(13)4-1-7(12)14-3-4/h1-3,8,13H. The Morgan fingerprint density at radius 2 is 2.07 bits per heavy atom. The molecular formula is C9H5Br2IOS2. The van der Waals surface area contributed by atoms with Crippen LogP contribution in [0.15, 0.2) is 25.1 Å². The van der Waals surface area contributed by atoms with Crippen molar-refractivity contribution in [2.75, 3.05) is 0 Å². The van der Waals surface area contributed by atoms with Gasteiger partial charge in [0.05, 0.1) is 10.5 Å². The highest BCUT2D eigenvalue weighted by Crippen LogP contribution is 2.38. The van der Waals surface area contributed by atoms with Gasteiger partial charge in [-0.1, -0.05) is 0 Å². The molecule has 15 heavy (non-hydrogen) atoms. The average Bonchev–Trinajstić information content (AvgIpc) is 2.71. The lowest BCUT2D eigenvalue weighted by molar-refractivity contribution is 0.220. The topological polar surface area (TPSA) is 20.2 Å². The van der Waals surface area contributed by atoms with Crippen molar-refractivity contribution in [3.8, 4) is 0 Å². The van der Waals surface area contributed by atoms with Gasteiger partial charge in [0.2, 0.25) is 0 Å². The third kappa shape index (κ3) is 2.84. The molecule has 1 unspecified atom stereocenters. The van der Waals surface area contributed by atoms with Crippen molar-refractivity contribution in [3.63, 3.8) is 0 Å². The summed E-state index contributed by atoms with van der Waals surface area (Å²) in [5.74, 6) is 0. The minimum Gasteiger partial charge on any atom is -0.384 e. The number of hydrogen-bond acceptors (Lipinski definition) is 3. The zero-order valence-electron chi connectivity index (χ0n) is 7.21. The molecule has 80 valence electrons. The fourth-order valence-corrected chi connectivity index (χ4v) is 5.46. The van der Waals surface area contributed by atoms with E-state index in [1.165, 1.54) is 2.88 Å². The summed E-state index contributed by atoms with van der Waals surface area (Å²) in [6, 6.07) is 3.96. The third-order valence-electron chi connectivity index (χ3n) is 1.88. The van der Waals surface area contributed by atoms with Crippen molar-refractivity contribution < 1.29 is 5.11 Å². The van der Waals surface area contributed by atoms with Crippen LogP contribution in [0, 0.1) is 2.88 Å². The van der Waals surface area contributed by atoms with E-state index < -0.39 is 6.10 Å².